The van der Waals surface area contributed by atoms with E-state index in [1.807, 2.05) is 6.92 Å². The highest BCUT2D eigenvalue weighted by Gasteiger charge is 2.14. The number of carboxylic acids is 1. The highest BCUT2D eigenvalue weighted by Crippen LogP contribution is 2.20. The molecule has 1 amide bonds. The summed E-state index contributed by atoms with van der Waals surface area (Å²) >= 11 is 6.05. The van der Waals surface area contributed by atoms with Gasteiger partial charge in [-0.25, -0.2) is 4.39 Å². The van der Waals surface area contributed by atoms with Crippen LogP contribution in [-0.2, 0) is 17.9 Å². The Balaban J connectivity index is 1.67. The van der Waals surface area contributed by atoms with Gasteiger partial charge in [0, 0.05) is 23.0 Å². The SMILES string of the molecule is Cc1cc(NC(=O)c2ccn(CCC(=O)O)n2)nn1Cc1ccc(F)cc1Cl. The van der Waals surface area contributed by atoms with E-state index in [0.29, 0.717) is 22.9 Å². The molecule has 28 heavy (non-hydrogen) atoms. The molecule has 0 spiro atoms. The number of aryl methyl sites for hydroxylation is 2. The van der Waals surface area contributed by atoms with Crippen LogP contribution < -0.4 is 5.32 Å². The van der Waals surface area contributed by atoms with Crippen LogP contribution in [0.4, 0.5) is 10.2 Å². The fourth-order valence-corrected chi connectivity index (χ4v) is 2.77. The van der Waals surface area contributed by atoms with Crippen molar-refractivity contribution in [3.05, 3.63) is 64.3 Å². The standard InChI is InChI=1S/C18H17ClFN5O3/c1-11-8-16(23-25(11)10-12-2-3-13(20)9-14(12)19)21-18(28)15-4-6-24(22-15)7-5-17(26)27/h2-4,6,8-9H,5,7,10H2,1H3,(H,26,27)(H,21,23,28). The highest BCUT2D eigenvalue weighted by atomic mass is 35.5. The Morgan fingerprint density at radius 2 is 2.04 bits per heavy atom. The monoisotopic (exact) mass is 405 g/mol. The van der Waals surface area contributed by atoms with Crippen molar-refractivity contribution in [2.24, 2.45) is 0 Å². The summed E-state index contributed by atoms with van der Waals surface area (Å²) in [6.45, 7) is 2.32. The van der Waals surface area contributed by atoms with Crippen molar-refractivity contribution in [3.63, 3.8) is 0 Å². The van der Waals surface area contributed by atoms with Crippen LogP contribution in [0.3, 0.4) is 0 Å². The van der Waals surface area contributed by atoms with E-state index in [4.69, 9.17) is 16.7 Å². The van der Waals surface area contributed by atoms with Crippen LogP contribution in [0.25, 0.3) is 0 Å². The third-order valence-electron chi connectivity index (χ3n) is 3.99. The maximum Gasteiger partial charge on any atom is 0.305 e. The van der Waals surface area contributed by atoms with Gasteiger partial charge < -0.3 is 10.4 Å². The number of aliphatic carboxylic acids is 1. The first-order valence-corrected chi connectivity index (χ1v) is 8.74. The zero-order chi connectivity index (χ0) is 20.3. The van der Waals surface area contributed by atoms with Gasteiger partial charge in [-0.2, -0.15) is 10.2 Å². The number of carboxylic acid groups (broad SMARTS) is 1. The van der Waals surface area contributed by atoms with Gasteiger partial charge in [-0.3, -0.25) is 19.0 Å². The van der Waals surface area contributed by atoms with E-state index in [2.05, 4.69) is 15.5 Å². The number of nitrogens with zero attached hydrogens (tertiary/aromatic N) is 4. The molecule has 0 atom stereocenters. The fourth-order valence-electron chi connectivity index (χ4n) is 2.54. The van der Waals surface area contributed by atoms with Crippen molar-refractivity contribution in [2.75, 3.05) is 5.32 Å². The number of amides is 1. The lowest BCUT2D eigenvalue weighted by Crippen LogP contribution is -2.14. The zero-order valence-corrected chi connectivity index (χ0v) is 15.6. The smallest absolute Gasteiger partial charge is 0.305 e. The summed E-state index contributed by atoms with van der Waals surface area (Å²) in [5.41, 5.74) is 1.63. The molecule has 0 saturated carbocycles. The average molecular weight is 406 g/mol. The van der Waals surface area contributed by atoms with Crippen LogP contribution >= 0.6 is 11.6 Å². The lowest BCUT2D eigenvalue weighted by atomic mass is 10.2. The molecule has 0 fully saturated rings. The molecular formula is C18H17ClFN5O3. The normalized spacial score (nSPS) is 10.8. The molecule has 2 aromatic heterocycles. The topological polar surface area (TPSA) is 102 Å². The maximum atomic E-state index is 13.2. The quantitative estimate of drug-likeness (QED) is 0.629. The average Bonchev–Trinajstić information content (AvgIpc) is 3.22. The number of halogens is 2. The van der Waals surface area contributed by atoms with Crippen molar-refractivity contribution < 1.29 is 19.1 Å². The summed E-state index contributed by atoms with van der Waals surface area (Å²) in [5.74, 6) is -1.48. The third kappa shape index (κ3) is 4.74. The molecule has 3 aromatic rings. The lowest BCUT2D eigenvalue weighted by molar-refractivity contribution is -0.137. The first-order chi connectivity index (χ1) is 13.3. The van der Waals surface area contributed by atoms with Gasteiger partial charge in [0.15, 0.2) is 11.5 Å². The molecule has 0 unspecified atom stereocenters. The second kappa shape index (κ2) is 8.22. The van der Waals surface area contributed by atoms with Gasteiger partial charge in [0.2, 0.25) is 0 Å². The van der Waals surface area contributed by atoms with Crippen LogP contribution in [0.15, 0.2) is 36.5 Å². The molecule has 0 saturated heterocycles. The predicted octanol–water partition coefficient (Wildman–Crippen LogP) is 2.96. The number of rotatable bonds is 7. The Morgan fingerprint density at radius 3 is 2.75 bits per heavy atom. The van der Waals surface area contributed by atoms with Gasteiger partial charge >= 0.3 is 5.97 Å². The van der Waals surface area contributed by atoms with Gasteiger partial charge in [-0.15, -0.1) is 0 Å². The second-order valence-electron chi connectivity index (χ2n) is 6.13. The number of hydrogen-bond acceptors (Lipinski definition) is 4. The van der Waals surface area contributed by atoms with E-state index < -0.39 is 17.7 Å². The molecule has 1 aromatic carbocycles. The number of nitrogens with one attached hydrogen (secondary N) is 1. The van der Waals surface area contributed by atoms with E-state index in [1.165, 1.54) is 29.1 Å². The van der Waals surface area contributed by atoms with Crippen LogP contribution in [0, 0.1) is 12.7 Å². The van der Waals surface area contributed by atoms with Crippen molar-refractivity contribution >= 4 is 29.3 Å². The van der Waals surface area contributed by atoms with Gasteiger partial charge in [0.25, 0.3) is 5.91 Å². The summed E-state index contributed by atoms with van der Waals surface area (Å²) in [7, 11) is 0. The molecule has 0 aliphatic rings. The Labute approximate surface area is 164 Å². The molecule has 3 rings (SSSR count). The summed E-state index contributed by atoms with van der Waals surface area (Å²) < 4.78 is 16.2. The summed E-state index contributed by atoms with van der Waals surface area (Å²) in [4.78, 5) is 22.9. The Kier molecular flexibility index (Phi) is 5.74. The Bertz CT molecular complexity index is 1030. The van der Waals surface area contributed by atoms with Crippen molar-refractivity contribution in [1.29, 1.82) is 0 Å². The Morgan fingerprint density at radius 1 is 1.25 bits per heavy atom. The first-order valence-electron chi connectivity index (χ1n) is 8.37. The number of aromatic nitrogens is 4. The molecule has 0 radical (unpaired) electrons. The number of anilines is 1. The molecule has 2 N–H and O–H groups in total. The van der Waals surface area contributed by atoms with E-state index in [9.17, 15) is 14.0 Å². The van der Waals surface area contributed by atoms with Crippen molar-refractivity contribution in [1.82, 2.24) is 19.6 Å². The number of benzene rings is 1. The van der Waals surface area contributed by atoms with Crippen LogP contribution in [-0.4, -0.2) is 36.5 Å². The largest absolute Gasteiger partial charge is 0.481 e. The van der Waals surface area contributed by atoms with Gasteiger partial charge in [0.1, 0.15) is 5.82 Å². The molecule has 0 aliphatic carbocycles. The molecule has 2 heterocycles. The lowest BCUT2D eigenvalue weighted by Gasteiger charge is -2.06. The van der Waals surface area contributed by atoms with Gasteiger partial charge in [-0.1, -0.05) is 17.7 Å². The first kappa shape index (κ1) is 19.6. The predicted molar refractivity (Wildman–Crippen MR) is 99.9 cm³/mol. The minimum Gasteiger partial charge on any atom is -0.481 e. The second-order valence-corrected chi connectivity index (χ2v) is 6.53. The highest BCUT2D eigenvalue weighted by molar-refractivity contribution is 6.31. The molecule has 146 valence electrons. The van der Waals surface area contributed by atoms with E-state index >= 15 is 0 Å². The minimum absolute atomic E-state index is 0.0850. The van der Waals surface area contributed by atoms with Crippen LogP contribution in [0.2, 0.25) is 5.02 Å². The molecule has 0 bridgehead atoms. The van der Waals surface area contributed by atoms with Crippen LogP contribution in [0.1, 0.15) is 28.2 Å². The summed E-state index contributed by atoms with van der Waals surface area (Å²) in [5, 5.41) is 20.0. The molecule has 8 nitrogen and oxygen atoms in total. The van der Waals surface area contributed by atoms with Gasteiger partial charge in [0.05, 0.1) is 19.5 Å². The third-order valence-corrected chi connectivity index (χ3v) is 4.34. The molecule has 10 heteroatoms. The Hall–Kier alpha value is -3.20. The molecular weight excluding hydrogens is 389 g/mol. The fraction of sp³-hybridized carbons (Fsp3) is 0.222. The summed E-state index contributed by atoms with van der Waals surface area (Å²) in [6, 6.07) is 7.33. The van der Waals surface area contributed by atoms with Crippen LogP contribution in [0.5, 0.6) is 0 Å². The van der Waals surface area contributed by atoms with E-state index in [-0.39, 0.29) is 18.7 Å². The maximum absolute atomic E-state index is 13.2. The number of hydrogen-bond donors (Lipinski definition) is 2. The van der Waals surface area contributed by atoms with Crippen molar-refractivity contribution in [2.45, 2.75) is 26.4 Å². The minimum atomic E-state index is -0.941. The summed E-state index contributed by atoms with van der Waals surface area (Å²) in [6.07, 6.45) is 1.45. The van der Waals surface area contributed by atoms with Gasteiger partial charge in [-0.05, 0) is 30.7 Å². The van der Waals surface area contributed by atoms with E-state index in [1.54, 1.807) is 16.8 Å². The number of carbonyl (C=O) groups excluding carboxylic acids is 1. The molecule has 0 aliphatic heterocycles. The number of carbonyl (C=O) groups is 2. The zero-order valence-electron chi connectivity index (χ0n) is 14.9. The van der Waals surface area contributed by atoms with Crippen molar-refractivity contribution in [3.8, 4) is 0 Å². The van der Waals surface area contributed by atoms with E-state index in [0.717, 1.165) is 5.69 Å².